The Balaban J connectivity index is 3.07. The van der Waals surface area contributed by atoms with E-state index in [4.69, 9.17) is 0 Å². The second kappa shape index (κ2) is 6.36. The molecule has 0 spiro atoms. The van der Waals surface area contributed by atoms with E-state index in [1.54, 1.807) is 6.07 Å². The smallest absolute Gasteiger partial charge is 0.311 e. The normalized spacial score (nSPS) is 11.2. The van der Waals surface area contributed by atoms with Crippen LogP contribution in [0.25, 0.3) is 0 Å². The maximum atomic E-state index is 11.0. The van der Waals surface area contributed by atoms with Gasteiger partial charge in [-0.2, -0.15) is 0 Å². The maximum absolute atomic E-state index is 11.0. The molecule has 2 N–H and O–H groups in total. The fraction of sp³-hybridized carbons (Fsp3) is 0.615. The topological polar surface area (TPSA) is 80.1 Å². The van der Waals surface area contributed by atoms with E-state index in [1.165, 1.54) is 6.07 Å². The van der Waals surface area contributed by atoms with Crippen molar-refractivity contribution in [3.63, 3.8) is 0 Å². The summed E-state index contributed by atoms with van der Waals surface area (Å²) in [5, 5.41) is 17.3. The molecule has 0 bridgehead atoms. The molecule has 0 amide bonds. The summed E-state index contributed by atoms with van der Waals surface area (Å²) in [7, 11) is 0. The third-order valence-corrected chi connectivity index (χ3v) is 2.76. The lowest BCUT2D eigenvalue weighted by molar-refractivity contribution is -0.384. The number of rotatable bonds is 7. The molecule has 0 atom stereocenters. The number of pyridine rings is 1. The highest BCUT2D eigenvalue weighted by molar-refractivity contribution is 5.61. The Morgan fingerprint density at radius 2 is 2.05 bits per heavy atom. The Hall–Kier alpha value is -1.85. The Labute approximate surface area is 113 Å². The van der Waals surface area contributed by atoms with E-state index in [9.17, 15) is 10.1 Å². The van der Waals surface area contributed by atoms with Gasteiger partial charge >= 0.3 is 5.69 Å². The average molecular weight is 266 g/mol. The molecule has 1 rings (SSSR count). The van der Waals surface area contributed by atoms with Crippen LogP contribution in [0, 0.1) is 10.1 Å². The molecule has 0 radical (unpaired) electrons. The highest BCUT2D eigenvalue weighted by Crippen LogP contribution is 2.28. The zero-order valence-corrected chi connectivity index (χ0v) is 12.0. The summed E-state index contributed by atoms with van der Waals surface area (Å²) < 4.78 is 0. The van der Waals surface area contributed by atoms with Crippen LogP contribution in [0.2, 0.25) is 0 Å². The van der Waals surface area contributed by atoms with Crippen molar-refractivity contribution >= 4 is 17.3 Å². The Morgan fingerprint density at radius 1 is 1.37 bits per heavy atom. The van der Waals surface area contributed by atoms with Gasteiger partial charge in [0.2, 0.25) is 5.82 Å². The van der Waals surface area contributed by atoms with Crippen molar-refractivity contribution in [1.82, 2.24) is 4.98 Å². The van der Waals surface area contributed by atoms with E-state index < -0.39 is 4.92 Å². The summed E-state index contributed by atoms with van der Waals surface area (Å²) in [6.07, 6.45) is 1.91. The number of aromatic nitrogens is 1. The average Bonchev–Trinajstić information content (AvgIpc) is 2.28. The highest BCUT2D eigenvalue weighted by Gasteiger charge is 2.23. The van der Waals surface area contributed by atoms with Gasteiger partial charge in [0.05, 0.1) is 4.92 Å². The molecule has 0 aromatic carbocycles. The van der Waals surface area contributed by atoms with E-state index in [1.807, 2.05) is 20.8 Å². The van der Waals surface area contributed by atoms with Crippen molar-refractivity contribution in [3.05, 3.63) is 22.2 Å². The molecule has 6 heteroatoms. The summed E-state index contributed by atoms with van der Waals surface area (Å²) in [5.41, 5.74) is -0.219. The standard InChI is InChI=1S/C13H22N4O2/c1-5-9-13(3,4)16-12-10(17(18)19)7-8-11(15-12)14-6-2/h7-8H,5-6,9H2,1-4H3,(H2,14,15,16). The second-order valence-electron chi connectivity index (χ2n) is 5.11. The Kier molecular flexibility index (Phi) is 5.09. The van der Waals surface area contributed by atoms with E-state index in [0.717, 1.165) is 19.4 Å². The molecule has 0 unspecified atom stereocenters. The first kappa shape index (κ1) is 15.2. The predicted octanol–water partition coefficient (Wildman–Crippen LogP) is 3.41. The molecule has 0 saturated carbocycles. The number of nitrogens with one attached hydrogen (secondary N) is 2. The van der Waals surface area contributed by atoms with Crippen LogP contribution < -0.4 is 10.6 Å². The molecule has 1 aromatic heterocycles. The molecular weight excluding hydrogens is 244 g/mol. The van der Waals surface area contributed by atoms with Crippen molar-refractivity contribution in [1.29, 1.82) is 0 Å². The first-order valence-electron chi connectivity index (χ1n) is 6.57. The first-order valence-corrected chi connectivity index (χ1v) is 6.57. The van der Waals surface area contributed by atoms with Crippen LogP contribution in [0.15, 0.2) is 12.1 Å². The van der Waals surface area contributed by atoms with Crippen molar-refractivity contribution in [2.24, 2.45) is 0 Å². The van der Waals surface area contributed by atoms with Gasteiger partial charge in [-0.3, -0.25) is 10.1 Å². The van der Waals surface area contributed by atoms with E-state index >= 15 is 0 Å². The van der Waals surface area contributed by atoms with E-state index in [0.29, 0.717) is 11.6 Å². The second-order valence-corrected chi connectivity index (χ2v) is 5.11. The van der Waals surface area contributed by atoms with Crippen LogP contribution in [0.3, 0.4) is 0 Å². The van der Waals surface area contributed by atoms with Gasteiger partial charge < -0.3 is 10.6 Å². The fourth-order valence-corrected chi connectivity index (χ4v) is 1.98. The van der Waals surface area contributed by atoms with Crippen LogP contribution in [0.1, 0.15) is 40.5 Å². The molecule has 106 valence electrons. The minimum Gasteiger partial charge on any atom is -0.370 e. The third-order valence-electron chi connectivity index (χ3n) is 2.76. The Morgan fingerprint density at radius 3 is 2.58 bits per heavy atom. The highest BCUT2D eigenvalue weighted by atomic mass is 16.6. The van der Waals surface area contributed by atoms with Crippen molar-refractivity contribution in [2.45, 2.75) is 46.1 Å². The number of nitro groups is 1. The number of hydrogen-bond acceptors (Lipinski definition) is 5. The molecular formula is C13H22N4O2. The molecule has 6 nitrogen and oxygen atoms in total. The molecule has 0 fully saturated rings. The molecule has 1 aromatic rings. The maximum Gasteiger partial charge on any atom is 0.311 e. The molecule has 0 saturated heterocycles. The van der Waals surface area contributed by atoms with Gasteiger partial charge in [-0.1, -0.05) is 13.3 Å². The van der Waals surface area contributed by atoms with E-state index in [2.05, 4.69) is 22.5 Å². The Bertz CT molecular complexity index is 446. The van der Waals surface area contributed by atoms with Crippen molar-refractivity contribution in [2.75, 3.05) is 17.2 Å². The minimum atomic E-state index is -0.410. The van der Waals surface area contributed by atoms with Gasteiger partial charge in [-0.05, 0) is 33.3 Å². The van der Waals surface area contributed by atoms with E-state index in [-0.39, 0.29) is 11.2 Å². The van der Waals surface area contributed by atoms with Gasteiger partial charge in [0.1, 0.15) is 5.82 Å². The lowest BCUT2D eigenvalue weighted by atomic mass is 9.99. The summed E-state index contributed by atoms with van der Waals surface area (Å²) in [4.78, 5) is 14.9. The van der Waals surface area contributed by atoms with Gasteiger partial charge in [0.15, 0.2) is 0 Å². The summed E-state index contributed by atoms with van der Waals surface area (Å²) >= 11 is 0. The molecule has 0 aliphatic heterocycles. The minimum absolute atomic E-state index is 0.00540. The summed E-state index contributed by atoms with van der Waals surface area (Å²) in [5.74, 6) is 0.963. The molecule has 19 heavy (non-hydrogen) atoms. The third kappa shape index (κ3) is 4.39. The van der Waals surface area contributed by atoms with Gasteiger partial charge in [0.25, 0.3) is 0 Å². The van der Waals surface area contributed by atoms with Crippen molar-refractivity contribution in [3.8, 4) is 0 Å². The largest absolute Gasteiger partial charge is 0.370 e. The van der Waals surface area contributed by atoms with Gasteiger partial charge in [-0.25, -0.2) is 4.98 Å². The number of hydrogen-bond donors (Lipinski definition) is 2. The van der Waals surface area contributed by atoms with Crippen LogP contribution in [-0.4, -0.2) is 22.0 Å². The van der Waals surface area contributed by atoms with Crippen molar-refractivity contribution < 1.29 is 4.92 Å². The van der Waals surface area contributed by atoms with Crippen LogP contribution in [-0.2, 0) is 0 Å². The van der Waals surface area contributed by atoms with Gasteiger partial charge in [0, 0.05) is 18.2 Å². The summed E-state index contributed by atoms with van der Waals surface area (Å²) in [6, 6.07) is 3.11. The number of anilines is 2. The van der Waals surface area contributed by atoms with Gasteiger partial charge in [-0.15, -0.1) is 0 Å². The summed E-state index contributed by atoms with van der Waals surface area (Å²) in [6.45, 7) is 8.80. The van der Waals surface area contributed by atoms with Crippen LogP contribution >= 0.6 is 0 Å². The zero-order chi connectivity index (χ0) is 14.5. The van der Waals surface area contributed by atoms with Crippen LogP contribution in [0.4, 0.5) is 17.3 Å². The lowest BCUT2D eigenvalue weighted by Gasteiger charge is -2.26. The quantitative estimate of drug-likeness (QED) is 0.584. The SMILES string of the molecule is CCCC(C)(C)Nc1nc(NCC)ccc1[N+](=O)[O-]. The predicted molar refractivity (Wildman–Crippen MR) is 77.7 cm³/mol. The lowest BCUT2D eigenvalue weighted by Crippen LogP contribution is -2.31. The van der Waals surface area contributed by atoms with Crippen LogP contribution in [0.5, 0.6) is 0 Å². The zero-order valence-electron chi connectivity index (χ0n) is 12.0. The molecule has 0 aliphatic rings. The monoisotopic (exact) mass is 266 g/mol. The number of nitrogens with zero attached hydrogens (tertiary/aromatic N) is 2. The molecule has 0 aliphatic carbocycles. The fourth-order valence-electron chi connectivity index (χ4n) is 1.98. The first-order chi connectivity index (χ1) is 8.89. The molecule has 1 heterocycles.